The average molecular weight is 278 g/mol. The van der Waals surface area contributed by atoms with Crippen molar-refractivity contribution in [3.8, 4) is 11.5 Å². The van der Waals surface area contributed by atoms with Gasteiger partial charge in [-0.3, -0.25) is 9.59 Å². The van der Waals surface area contributed by atoms with E-state index in [0.29, 0.717) is 28.0 Å². The highest BCUT2D eigenvalue weighted by Gasteiger charge is 2.54. The maximum absolute atomic E-state index is 12.2. The number of aromatic hydroxyl groups is 1. The lowest BCUT2D eigenvalue weighted by molar-refractivity contribution is -0.157. The molecular weight excluding hydrogens is 260 g/mol. The molecule has 1 heterocycles. The molecule has 0 fully saturated rings. The predicted octanol–water partition coefficient (Wildman–Crippen LogP) is 2.06. The van der Waals surface area contributed by atoms with E-state index in [0.717, 1.165) is 0 Å². The van der Waals surface area contributed by atoms with Crippen molar-refractivity contribution in [2.24, 2.45) is 0 Å². The molecule has 0 saturated carbocycles. The van der Waals surface area contributed by atoms with Crippen molar-refractivity contribution in [1.29, 1.82) is 0 Å². The number of carbonyl (C=O) groups excluding carboxylic acids is 2. The minimum absolute atomic E-state index is 0.0788. The largest absolute Gasteiger partial charge is 0.507 e. The van der Waals surface area contributed by atoms with Gasteiger partial charge in [0.2, 0.25) is 0 Å². The predicted molar refractivity (Wildman–Crippen MR) is 71.9 cm³/mol. The maximum atomic E-state index is 12.2. The number of hydrogen-bond donors (Lipinski definition) is 1. The summed E-state index contributed by atoms with van der Waals surface area (Å²) in [5, 5.41) is 10.2. The molecule has 5 heteroatoms. The Morgan fingerprint density at radius 2 is 1.85 bits per heavy atom. The topological polar surface area (TPSA) is 72.8 Å². The Kier molecular flexibility index (Phi) is 3.24. The van der Waals surface area contributed by atoms with Gasteiger partial charge in [0.1, 0.15) is 11.5 Å². The Labute approximate surface area is 117 Å². The Bertz CT molecular complexity index is 617. The molecule has 1 aliphatic heterocycles. The van der Waals surface area contributed by atoms with Crippen LogP contribution in [0.1, 0.15) is 36.1 Å². The van der Waals surface area contributed by atoms with Crippen molar-refractivity contribution < 1.29 is 24.2 Å². The molecule has 0 aromatic heterocycles. The number of phenolic OH excluding ortho intramolecular Hbond substituents is 1. The molecule has 0 aliphatic carbocycles. The first kappa shape index (κ1) is 14.4. The van der Waals surface area contributed by atoms with Crippen molar-refractivity contribution in [3.05, 3.63) is 22.3 Å². The van der Waals surface area contributed by atoms with Crippen molar-refractivity contribution in [3.63, 3.8) is 0 Å². The Balaban J connectivity index is 2.76. The number of ether oxygens (including phenoxy) is 2. The fourth-order valence-electron chi connectivity index (χ4n) is 2.59. The zero-order valence-corrected chi connectivity index (χ0v) is 12.3. The fourth-order valence-corrected chi connectivity index (χ4v) is 2.59. The first-order valence-corrected chi connectivity index (χ1v) is 6.49. The summed E-state index contributed by atoms with van der Waals surface area (Å²) < 4.78 is 10.3. The lowest BCUT2D eigenvalue weighted by Gasteiger charge is -2.21. The summed E-state index contributed by atoms with van der Waals surface area (Å²) in [6.45, 7) is 8.48. The van der Waals surface area contributed by atoms with Crippen LogP contribution in [-0.2, 0) is 19.7 Å². The second-order valence-electron chi connectivity index (χ2n) is 5.16. The van der Waals surface area contributed by atoms with E-state index in [9.17, 15) is 14.7 Å². The summed E-state index contributed by atoms with van der Waals surface area (Å²) in [4.78, 5) is 24.4. The molecule has 1 atom stereocenters. The zero-order chi connectivity index (χ0) is 15.2. The fraction of sp³-hybridized carbons (Fsp3) is 0.467. The van der Waals surface area contributed by atoms with E-state index in [4.69, 9.17) is 9.47 Å². The van der Waals surface area contributed by atoms with Crippen LogP contribution in [0.5, 0.6) is 11.5 Å². The van der Waals surface area contributed by atoms with Gasteiger partial charge >= 0.3 is 11.9 Å². The van der Waals surface area contributed by atoms with Gasteiger partial charge < -0.3 is 14.6 Å². The van der Waals surface area contributed by atoms with E-state index >= 15 is 0 Å². The number of carbonyl (C=O) groups is 2. The third kappa shape index (κ3) is 1.62. The van der Waals surface area contributed by atoms with E-state index in [1.54, 1.807) is 27.7 Å². The van der Waals surface area contributed by atoms with Crippen LogP contribution in [0.2, 0.25) is 0 Å². The number of fused-ring (bicyclic) bond motifs is 1. The highest BCUT2D eigenvalue weighted by atomic mass is 16.6. The normalized spacial score (nSPS) is 20.6. The molecule has 5 nitrogen and oxygen atoms in total. The highest BCUT2D eigenvalue weighted by Crippen LogP contribution is 2.48. The van der Waals surface area contributed by atoms with Crippen LogP contribution in [0.25, 0.3) is 0 Å². The zero-order valence-electron chi connectivity index (χ0n) is 12.3. The Hall–Kier alpha value is -2.04. The van der Waals surface area contributed by atoms with E-state index in [1.807, 2.05) is 0 Å². The van der Waals surface area contributed by atoms with Crippen LogP contribution in [0.4, 0.5) is 0 Å². The van der Waals surface area contributed by atoms with Crippen LogP contribution in [0, 0.1) is 20.8 Å². The summed E-state index contributed by atoms with van der Waals surface area (Å²) >= 11 is 0. The molecule has 0 radical (unpaired) electrons. The number of phenols is 1. The van der Waals surface area contributed by atoms with Crippen LogP contribution < -0.4 is 4.74 Å². The minimum atomic E-state index is -1.52. The van der Waals surface area contributed by atoms with Crippen LogP contribution >= 0.6 is 0 Å². The highest BCUT2D eigenvalue weighted by molar-refractivity contribution is 6.10. The second kappa shape index (κ2) is 4.51. The van der Waals surface area contributed by atoms with E-state index in [2.05, 4.69) is 0 Å². The lowest BCUT2D eigenvalue weighted by Crippen LogP contribution is -2.40. The summed E-state index contributed by atoms with van der Waals surface area (Å²) in [5.74, 6) is -0.884. The minimum Gasteiger partial charge on any atom is -0.507 e. The average Bonchev–Trinajstić information content (AvgIpc) is 2.68. The molecule has 1 unspecified atom stereocenters. The second-order valence-corrected chi connectivity index (χ2v) is 5.16. The molecule has 1 aromatic carbocycles. The van der Waals surface area contributed by atoms with E-state index in [-0.39, 0.29) is 12.4 Å². The van der Waals surface area contributed by atoms with Gasteiger partial charge in [-0.15, -0.1) is 0 Å². The maximum Gasteiger partial charge on any atom is 0.333 e. The van der Waals surface area contributed by atoms with Gasteiger partial charge in [-0.25, -0.2) is 0 Å². The van der Waals surface area contributed by atoms with Gasteiger partial charge in [0.15, 0.2) is 5.41 Å². The third-order valence-electron chi connectivity index (χ3n) is 4.00. The number of rotatable bonds is 2. The molecule has 1 N–H and O–H groups in total. The quantitative estimate of drug-likeness (QED) is 0.509. The first-order chi connectivity index (χ1) is 9.26. The standard InChI is InChI=1S/C15H18O5/c1-6-19-13(17)15(5)10-9(4)11(16)7(2)8(3)12(10)20-14(15)18/h16H,6H2,1-5H3. The molecule has 108 valence electrons. The van der Waals surface area contributed by atoms with Gasteiger partial charge in [0.25, 0.3) is 0 Å². The van der Waals surface area contributed by atoms with Gasteiger partial charge in [0.05, 0.1) is 6.61 Å². The summed E-state index contributed by atoms with van der Waals surface area (Å²) in [7, 11) is 0. The van der Waals surface area contributed by atoms with Crippen LogP contribution in [0.3, 0.4) is 0 Å². The molecule has 1 aromatic rings. The summed E-state index contributed by atoms with van der Waals surface area (Å²) in [6, 6.07) is 0. The number of benzene rings is 1. The van der Waals surface area contributed by atoms with Crippen molar-refractivity contribution >= 4 is 11.9 Å². The first-order valence-electron chi connectivity index (χ1n) is 6.49. The number of esters is 2. The molecule has 20 heavy (non-hydrogen) atoms. The molecule has 0 bridgehead atoms. The summed E-state index contributed by atoms with van der Waals surface area (Å²) in [6.07, 6.45) is 0. The van der Waals surface area contributed by atoms with Crippen LogP contribution in [0.15, 0.2) is 0 Å². The van der Waals surface area contributed by atoms with Gasteiger partial charge in [0, 0.05) is 5.56 Å². The molecular formula is C15H18O5. The molecule has 2 rings (SSSR count). The molecule has 1 aliphatic rings. The van der Waals surface area contributed by atoms with E-state index < -0.39 is 17.4 Å². The Morgan fingerprint density at radius 3 is 2.40 bits per heavy atom. The van der Waals surface area contributed by atoms with Crippen molar-refractivity contribution in [1.82, 2.24) is 0 Å². The third-order valence-corrected chi connectivity index (χ3v) is 4.00. The van der Waals surface area contributed by atoms with Gasteiger partial charge in [-0.05, 0) is 51.3 Å². The number of hydrogen-bond acceptors (Lipinski definition) is 5. The smallest absolute Gasteiger partial charge is 0.333 e. The SMILES string of the molecule is CCOC(=O)C1(C)C(=O)Oc2c(C)c(C)c(O)c(C)c21. The van der Waals surface area contributed by atoms with Crippen LogP contribution in [-0.4, -0.2) is 23.7 Å². The van der Waals surface area contributed by atoms with Crippen molar-refractivity contribution in [2.45, 2.75) is 40.0 Å². The molecule has 0 spiro atoms. The molecule has 0 amide bonds. The monoisotopic (exact) mass is 278 g/mol. The summed E-state index contributed by atoms with van der Waals surface area (Å²) in [5.41, 5.74) is 0.656. The van der Waals surface area contributed by atoms with Gasteiger partial charge in [-0.1, -0.05) is 0 Å². The Morgan fingerprint density at radius 1 is 1.25 bits per heavy atom. The lowest BCUT2D eigenvalue weighted by atomic mass is 9.79. The molecule has 0 saturated heterocycles. The van der Waals surface area contributed by atoms with E-state index in [1.165, 1.54) is 6.92 Å². The van der Waals surface area contributed by atoms with Gasteiger partial charge in [-0.2, -0.15) is 0 Å². The van der Waals surface area contributed by atoms with Crippen molar-refractivity contribution in [2.75, 3.05) is 6.61 Å².